The molecule has 1 amide bonds. The quantitative estimate of drug-likeness (QED) is 0.465. The molecule has 0 aliphatic heterocycles. The number of benzene rings is 1. The summed E-state index contributed by atoms with van der Waals surface area (Å²) in [7, 11) is 3.48. The monoisotopic (exact) mass is 427 g/mol. The van der Waals surface area contributed by atoms with E-state index in [1.54, 1.807) is 34.9 Å². The number of carbonyl (C=O) groups excluding carboxylic acids is 1. The minimum Gasteiger partial charge on any atom is -0.348 e. The van der Waals surface area contributed by atoms with Gasteiger partial charge < -0.3 is 4.90 Å². The molecule has 152 valence electrons. The van der Waals surface area contributed by atoms with Crippen molar-refractivity contribution in [2.45, 2.75) is 38.3 Å². The van der Waals surface area contributed by atoms with Crippen LogP contribution in [0.3, 0.4) is 0 Å². The lowest BCUT2D eigenvalue weighted by molar-refractivity contribution is -0.125. The van der Waals surface area contributed by atoms with Gasteiger partial charge in [-0.25, -0.2) is 4.98 Å². The molecule has 29 heavy (non-hydrogen) atoms. The van der Waals surface area contributed by atoms with Crippen LogP contribution >= 0.6 is 23.1 Å². The summed E-state index contributed by atoms with van der Waals surface area (Å²) >= 11 is 2.98. The van der Waals surface area contributed by atoms with Gasteiger partial charge >= 0.3 is 0 Å². The van der Waals surface area contributed by atoms with E-state index < -0.39 is 0 Å². The van der Waals surface area contributed by atoms with E-state index in [1.165, 1.54) is 22.2 Å². The molecule has 1 atom stereocenters. The van der Waals surface area contributed by atoms with Crippen LogP contribution in [-0.4, -0.2) is 40.2 Å². The maximum Gasteiger partial charge on any atom is 0.267 e. The predicted molar refractivity (Wildman–Crippen MR) is 121 cm³/mol. The van der Waals surface area contributed by atoms with Gasteiger partial charge in [0.05, 0.1) is 16.8 Å². The lowest BCUT2D eigenvalue weighted by Gasteiger charge is -2.18. The van der Waals surface area contributed by atoms with E-state index in [4.69, 9.17) is 4.98 Å². The fourth-order valence-electron chi connectivity index (χ4n) is 3.75. The van der Waals surface area contributed by atoms with Crippen LogP contribution in [0.25, 0.3) is 15.9 Å². The van der Waals surface area contributed by atoms with E-state index in [1.807, 2.05) is 31.2 Å². The molecule has 0 N–H and O–H groups in total. The van der Waals surface area contributed by atoms with E-state index in [2.05, 4.69) is 6.92 Å². The maximum absolute atomic E-state index is 13.7. The average molecular weight is 428 g/mol. The zero-order valence-corrected chi connectivity index (χ0v) is 18.8. The SMILES string of the molecule is Cc1ccccc1-n1c(SCC(=O)N(C)C)nc2sc3c(c2c1=O)CC[C@H](C)C3. The minimum atomic E-state index is -0.0174. The second kappa shape index (κ2) is 7.95. The van der Waals surface area contributed by atoms with Crippen molar-refractivity contribution in [2.75, 3.05) is 19.8 Å². The van der Waals surface area contributed by atoms with Crippen LogP contribution in [0, 0.1) is 12.8 Å². The van der Waals surface area contributed by atoms with Gasteiger partial charge in [-0.3, -0.25) is 14.2 Å². The van der Waals surface area contributed by atoms with Gasteiger partial charge in [-0.2, -0.15) is 0 Å². The van der Waals surface area contributed by atoms with Crippen molar-refractivity contribution in [3.63, 3.8) is 0 Å². The summed E-state index contributed by atoms with van der Waals surface area (Å²) < 4.78 is 1.70. The smallest absolute Gasteiger partial charge is 0.267 e. The normalized spacial score (nSPS) is 16.1. The molecule has 0 bridgehead atoms. The summed E-state index contributed by atoms with van der Waals surface area (Å²) in [4.78, 5) is 34.4. The van der Waals surface area contributed by atoms with Crippen molar-refractivity contribution in [3.05, 3.63) is 50.6 Å². The number of para-hydroxylation sites is 1. The Labute approximate surface area is 178 Å². The van der Waals surface area contributed by atoms with Gasteiger partial charge in [0.15, 0.2) is 5.16 Å². The Morgan fingerprint density at radius 3 is 2.83 bits per heavy atom. The van der Waals surface area contributed by atoms with Gasteiger partial charge in [-0.15, -0.1) is 11.3 Å². The summed E-state index contributed by atoms with van der Waals surface area (Å²) in [6.07, 6.45) is 3.06. The van der Waals surface area contributed by atoms with Crippen molar-refractivity contribution in [1.29, 1.82) is 0 Å². The Morgan fingerprint density at radius 1 is 1.34 bits per heavy atom. The van der Waals surface area contributed by atoms with Crippen molar-refractivity contribution < 1.29 is 4.79 Å². The number of amides is 1. The third-order valence-corrected chi connectivity index (χ3v) is 7.55. The first-order valence-electron chi connectivity index (χ1n) is 9.83. The largest absolute Gasteiger partial charge is 0.348 e. The highest BCUT2D eigenvalue weighted by atomic mass is 32.2. The van der Waals surface area contributed by atoms with Crippen LogP contribution < -0.4 is 5.56 Å². The van der Waals surface area contributed by atoms with Crippen LogP contribution in [0.2, 0.25) is 0 Å². The van der Waals surface area contributed by atoms with E-state index in [0.29, 0.717) is 11.1 Å². The van der Waals surface area contributed by atoms with Gasteiger partial charge in [0.1, 0.15) is 4.83 Å². The Morgan fingerprint density at radius 2 is 2.10 bits per heavy atom. The summed E-state index contributed by atoms with van der Waals surface area (Å²) in [6.45, 7) is 4.26. The molecule has 5 nitrogen and oxygen atoms in total. The highest BCUT2D eigenvalue weighted by molar-refractivity contribution is 7.99. The summed E-state index contributed by atoms with van der Waals surface area (Å²) in [6, 6.07) is 7.84. The van der Waals surface area contributed by atoms with Gasteiger partial charge in [0, 0.05) is 19.0 Å². The lowest BCUT2D eigenvalue weighted by atomic mass is 9.89. The highest BCUT2D eigenvalue weighted by Crippen LogP contribution is 2.37. The maximum atomic E-state index is 13.7. The first-order valence-corrected chi connectivity index (χ1v) is 11.6. The number of thiophene rings is 1. The third kappa shape index (κ3) is 3.73. The fourth-order valence-corrected chi connectivity index (χ4v) is 6.16. The van der Waals surface area contributed by atoms with E-state index in [9.17, 15) is 9.59 Å². The number of thioether (sulfide) groups is 1. The molecule has 0 saturated carbocycles. The summed E-state index contributed by atoms with van der Waals surface area (Å²) in [5.74, 6) is 0.888. The molecule has 1 aliphatic carbocycles. The number of aryl methyl sites for hydroxylation is 2. The van der Waals surface area contributed by atoms with Crippen LogP contribution in [-0.2, 0) is 17.6 Å². The number of hydrogen-bond acceptors (Lipinski definition) is 5. The van der Waals surface area contributed by atoms with Gasteiger partial charge in [0.25, 0.3) is 5.56 Å². The standard InChI is InChI=1S/C22H25N3O2S2/c1-13-9-10-15-17(11-13)29-20-19(15)21(27)25(16-8-6-5-7-14(16)2)22(23-20)28-12-18(26)24(3)4/h5-8,13H,9-12H2,1-4H3/t13-/m0/s1. The number of carbonyl (C=O) groups is 1. The van der Waals surface area contributed by atoms with Crippen molar-refractivity contribution in [2.24, 2.45) is 5.92 Å². The number of nitrogens with zero attached hydrogens (tertiary/aromatic N) is 3. The topological polar surface area (TPSA) is 55.2 Å². The Hall–Kier alpha value is -2.12. The lowest BCUT2D eigenvalue weighted by Crippen LogP contribution is -2.26. The molecule has 7 heteroatoms. The van der Waals surface area contributed by atoms with E-state index in [-0.39, 0.29) is 17.2 Å². The Balaban J connectivity index is 1.92. The second-order valence-electron chi connectivity index (χ2n) is 7.93. The third-order valence-electron chi connectivity index (χ3n) is 5.48. The molecule has 2 heterocycles. The number of hydrogen-bond donors (Lipinski definition) is 0. The molecule has 4 rings (SSSR count). The minimum absolute atomic E-state index is 0.0000200. The number of aromatic nitrogens is 2. The van der Waals surface area contributed by atoms with Crippen LogP contribution in [0.15, 0.2) is 34.2 Å². The zero-order valence-electron chi connectivity index (χ0n) is 17.2. The van der Waals surface area contributed by atoms with E-state index in [0.717, 1.165) is 40.7 Å². The van der Waals surface area contributed by atoms with Crippen molar-refractivity contribution in [3.8, 4) is 5.69 Å². The zero-order chi connectivity index (χ0) is 20.7. The number of rotatable bonds is 4. The van der Waals surface area contributed by atoms with Crippen molar-refractivity contribution >= 4 is 39.2 Å². The van der Waals surface area contributed by atoms with Gasteiger partial charge in [-0.1, -0.05) is 36.9 Å². The van der Waals surface area contributed by atoms with Crippen LogP contribution in [0.4, 0.5) is 0 Å². The number of fused-ring (bicyclic) bond motifs is 3. The molecule has 0 saturated heterocycles. The predicted octanol–water partition coefficient (Wildman–Crippen LogP) is 4.06. The van der Waals surface area contributed by atoms with Crippen LogP contribution in [0.5, 0.6) is 0 Å². The molecular formula is C22H25N3O2S2. The van der Waals surface area contributed by atoms with Gasteiger partial charge in [0.2, 0.25) is 5.91 Å². The van der Waals surface area contributed by atoms with Gasteiger partial charge in [-0.05, 0) is 49.3 Å². The fraction of sp³-hybridized carbons (Fsp3) is 0.409. The van der Waals surface area contributed by atoms with Crippen LogP contribution in [0.1, 0.15) is 29.3 Å². The van der Waals surface area contributed by atoms with E-state index >= 15 is 0 Å². The molecule has 3 aromatic rings. The Kier molecular flexibility index (Phi) is 5.53. The van der Waals surface area contributed by atoms with Crippen molar-refractivity contribution in [1.82, 2.24) is 14.5 Å². The molecule has 0 radical (unpaired) electrons. The Bertz CT molecular complexity index is 1150. The first kappa shape index (κ1) is 20.2. The molecule has 0 spiro atoms. The molecular weight excluding hydrogens is 402 g/mol. The summed E-state index contributed by atoms with van der Waals surface area (Å²) in [5, 5.41) is 1.35. The molecule has 1 aliphatic rings. The summed E-state index contributed by atoms with van der Waals surface area (Å²) in [5.41, 5.74) is 3.00. The second-order valence-corrected chi connectivity index (χ2v) is 9.96. The average Bonchev–Trinajstić information content (AvgIpc) is 3.04. The molecule has 0 unspecified atom stereocenters. The first-order chi connectivity index (χ1) is 13.9. The molecule has 2 aromatic heterocycles. The molecule has 0 fully saturated rings. The highest BCUT2D eigenvalue weighted by Gasteiger charge is 2.25. The molecule has 1 aromatic carbocycles.